The number of esters is 1. The van der Waals surface area contributed by atoms with Gasteiger partial charge < -0.3 is 15.2 Å². The Morgan fingerprint density at radius 3 is 2.43 bits per heavy atom. The Morgan fingerprint density at radius 2 is 1.75 bits per heavy atom. The zero-order valence-electron chi connectivity index (χ0n) is 15.2. The molecule has 28 heavy (non-hydrogen) atoms. The first-order valence-electron chi connectivity index (χ1n) is 8.86. The van der Waals surface area contributed by atoms with Gasteiger partial charge in [-0.15, -0.1) is 11.3 Å². The van der Waals surface area contributed by atoms with Crippen molar-refractivity contribution in [3.05, 3.63) is 71.6 Å². The molecule has 0 saturated carbocycles. The number of hydrogen-bond donors (Lipinski definition) is 1. The molecule has 4 rings (SSSR count). The standard InChI is InChI=1S/C22H18N2O3S/c1-2-26-17-13-16(14-9-5-3-6-10-14)18-19(23)20(28-21(18)24-17)22(25)27-15-11-7-4-8-12-15/h3-13H,2,23H2,1H3. The highest BCUT2D eigenvalue weighted by molar-refractivity contribution is 7.21. The predicted molar refractivity (Wildman–Crippen MR) is 112 cm³/mol. The van der Waals surface area contributed by atoms with Crippen LogP contribution < -0.4 is 15.2 Å². The molecule has 6 heteroatoms. The Labute approximate surface area is 166 Å². The molecule has 4 aromatic rings. The van der Waals surface area contributed by atoms with Gasteiger partial charge in [0.05, 0.1) is 12.3 Å². The van der Waals surface area contributed by atoms with Crippen LogP contribution in [-0.4, -0.2) is 17.6 Å². The molecule has 0 spiro atoms. The molecule has 0 aliphatic carbocycles. The lowest BCUT2D eigenvalue weighted by molar-refractivity contribution is 0.0741. The normalized spacial score (nSPS) is 10.8. The number of fused-ring (bicyclic) bond motifs is 1. The third kappa shape index (κ3) is 3.42. The average Bonchev–Trinajstić information content (AvgIpc) is 3.06. The van der Waals surface area contributed by atoms with Crippen LogP contribution in [0.5, 0.6) is 11.6 Å². The first-order valence-corrected chi connectivity index (χ1v) is 9.67. The van der Waals surface area contributed by atoms with Crippen molar-refractivity contribution < 1.29 is 14.3 Å². The van der Waals surface area contributed by atoms with Gasteiger partial charge in [0.25, 0.3) is 0 Å². The molecule has 5 nitrogen and oxygen atoms in total. The Bertz CT molecular complexity index is 1120. The van der Waals surface area contributed by atoms with Gasteiger partial charge in [-0.2, -0.15) is 0 Å². The number of nitrogen functional groups attached to an aromatic ring is 1. The second-order valence-corrected chi connectivity index (χ2v) is 7.03. The summed E-state index contributed by atoms with van der Waals surface area (Å²) in [5.41, 5.74) is 8.61. The summed E-state index contributed by atoms with van der Waals surface area (Å²) in [7, 11) is 0. The molecule has 0 unspecified atom stereocenters. The van der Waals surface area contributed by atoms with Crippen LogP contribution in [0.2, 0.25) is 0 Å². The number of carbonyl (C=O) groups excluding carboxylic acids is 1. The summed E-state index contributed by atoms with van der Waals surface area (Å²) in [5.74, 6) is 0.470. The van der Waals surface area contributed by atoms with Crippen molar-refractivity contribution in [3.8, 4) is 22.8 Å². The summed E-state index contributed by atoms with van der Waals surface area (Å²) >= 11 is 1.21. The number of ether oxygens (including phenoxy) is 2. The summed E-state index contributed by atoms with van der Waals surface area (Å²) in [6.45, 7) is 2.40. The molecule has 2 N–H and O–H groups in total. The maximum atomic E-state index is 12.7. The SMILES string of the molecule is CCOc1cc(-c2ccccc2)c2c(N)c(C(=O)Oc3ccccc3)sc2n1. The van der Waals surface area contributed by atoms with Gasteiger partial charge in [-0.05, 0) is 30.2 Å². The van der Waals surface area contributed by atoms with Crippen molar-refractivity contribution in [1.29, 1.82) is 0 Å². The highest BCUT2D eigenvalue weighted by Gasteiger charge is 2.23. The monoisotopic (exact) mass is 390 g/mol. The van der Waals surface area contributed by atoms with Crippen LogP contribution in [0.15, 0.2) is 66.7 Å². The quantitative estimate of drug-likeness (QED) is 0.376. The van der Waals surface area contributed by atoms with Crippen LogP contribution in [0.1, 0.15) is 16.6 Å². The molecule has 0 fully saturated rings. The lowest BCUT2D eigenvalue weighted by Gasteiger charge is -2.08. The second-order valence-electron chi connectivity index (χ2n) is 6.03. The number of benzene rings is 2. The van der Waals surface area contributed by atoms with Crippen molar-refractivity contribution >= 4 is 33.2 Å². The number of nitrogens with two attached hydrogens (primary N) is 1. The zero-order chi connectivity index (χ0) is 19.5. The summed E-state index contributed by atoms with van der Waals surface area (Å²) in [4.78, 5) is 18.2. The van der Waals surface area contributed by atoms with Crippen molar-refractivity contribution in [3.63, 3.8) is 0 Å². The van der Waals surface area contributed by atoms with E-state index < -0.39 is 5.97 Å². The first-order chi connectivity index (χ1) is 13.7. The molecule has 0 amide bonds. The van der Waals surface area contributed by atoms with Crippen molar-refractivity contribution in [1.82, 2.24) is 4.98 Å². The maximum Gasteiger partial charge on any atom is 0.355 e. The third-order valence-electron chi connectivity index (χ3n) is 4.19. The number of thiophene rings is 1. The van der Waals surface area contributed by atoms with E-state index in [2.05, 4.69) is 4.98 Å². The highest BCUT2D eigenvalue weighted by Crippen LogP contribution is 2.41. The van der Waals surface area contributed by atoms with Crippen LogP contribution in [0, 0.1) is 0 Å². The Morgan fingerprint density at radius 1 is 1.07 bits per heavy atom. The minimum atomic E-state index is -0.497. The smallest absolute Gasteiger partial charge is 0.355 e. The van der Waals surface area contributed by atoms with E-state index >= 15 is 0 Å². The Kier molecular flexibility index (Phi) is 4.95. The third-order valence-corrected chi connectivity index (χ3v) is 5.27. The van der Waals surface area contributed by atoms with Crippen molar-refractivity contribution in [2.75, 3.05) is 12.3 Å². The maximum absolute atomic E-state index is 12.7. The molecular weight excluding hydrogens is 372 g/mol. The number of para-hydroxylation sites is 1. The number of anilines is 1. The van der Waals surface area contributed by atoms with E-state index in [1.807, 2.05) is 49.4 Å². The van der Waals surface area contributed by atoms with E-state index in [-0.39, 0.29) is 0 Å². The molecular formula is C22H18N2O3S. The first kappa shape index (κ1) is 18.0. The van der Waals surface area contributed by atoms with Crippen LogP contribution in [0.3, 0.4) is 0 Å². The number of aromatic nitrogens is 1. The van der Waals surface area contributed by atoms with Crippen LogP contribution in [0.25, 0.3) is 21.3 Å². The number of carbonyl (C=O) groups is 1. The van der Waals surface area contributed by atoms with Crippen molar-refractivity contribution in [2.24, 2.45) is 0 Å². The minimum Gasteiger partial charge on any atom is -0.478 e. The number of pyridine rings is 1. The van der Waals surface area contributed by atoms with Gasteiger partial charge in [0.2, 0.25) is 5.88 Å². The molecule has 2 heterocycles. The summed E-state index contributed by atoms with van der Waals surface area (Å²) < 4.78 is 11.1. The Hall–Kier alpha value is -3.38. The number of rotatable bonds is 5. The summed E-state index contributed by atoms with van der Waals surface area (Å²) in [5, 5.41) is 0.736. The fourth-order valence-electron chi connectivity index (χ4n) is 2.96. The van der Waals surface area contributed by atoms with E-state index in [1.54, 1.807) is 24.3 Å². The lowest BCUT2D eigenvalue weighted by atomic mass is 10.0. The molecule has 0 aliphatic rings. The largest absolute Gasteiger partial charge is 0.478 e. The predicted octanol–water partition coefficient (Wildman–Crippen LogP) is 5.16. The molecule has 0 atom stereocenters. The molecule has 0 bridgehead atoms. The van der Waals surface area contributed by atoms with Gasteiger partial charge in [0, 0.05) is 11.5 Å². The van der Waals surface area contributed by atoms with E-state index in [4.69, 9.17) is 15.2 Å². The van der Waals surface area contributed by atoms with Gasteiger partial charge in [-0.3, -0.25) is 0 Å². The van der Waals surface area contributed by atoms with Gasteiger partial charge in [-0.1, -0.05) is 48.5 Å². The fourth-order valence-corrected chi connectivity index (χ4v) is 3.95. The molecule has 2 aromatic heterocycles. The molecule has 0 radical (unpaired) electrons. The minimum absolute atomic E-state index is 0.331. The second kappa shape index (κ2) is 7.70. The summed E-state index contributed by atoms with van der Waals surface area (Å²) in [6.07, 6.45) is 0. The van der Waals surface area contributed by atoms with E-state index in [9.17, 15) is 4.79 Å². The van der Waals surface area contributed by atoms with E-state index in [0.29, 0.717) is 33.6 Å². The van der Waals surface area contributed by atoms with Gasteiger partial charge >= 0.3 is 5.97 Å². The van der Waals surface area contributed by atoms with Gasteiger partial charge in [-0.25, -0.2) is 9.78 Å². The molecule has 140 valence electrons. The molecule has 0 aliphatic heterocycles. The Balaban J connectivity index is 1.84. The van der Waals surface area contributed by atoms with Crippen LogP contribution in [-0.2, 0) is 0 Å². The van der Waals surface area contributed by atoms with Gasteiger partial charge in [0.15, 0.2) is 0 Å². The van der Waals surface area contributed by atoms with Gasteiger partial charge in [0.1, 0.15) is 15.5 Å². The van der Waals surface area contributed by atoms with Crippen LogP contribution >= 0.6 is 11.3 Å². The number of nitrogens with zero attached hydrogens (tertiary/aromatic N) is 1. The highest BCUT2D eigenvalue weighted by atomic mass is 32.1. The molecule has 2 aromatic carbocycles. The average molecular weight is 390 g/mol. The lowest BCUT2D eigenvalue weighted by Crippen LogP contribution is -2.08. The fraction of sp³-hybridized carbons (Fsp3) is 0.0909. The van der Waals surface area contributed by atoms with E-state index in [1.165, 1.54) is 11.3 Å². The molecule has 0 saturated heterocycles. The van der Waals surface area contributed by atoms with Crippen LogP contribution in [0.4, 0.5) is 5.69 Å². The summed E-state index contributed by atoms with van der Waals surface area (Å²) in [6, 6.07) is 20.6. The zero-order valence-corrected chi connectivity index (χ0v) is 16.0. The topological polar surface area (TPSA) is 74.4 Å². The number of hydrogen-bond acceptors (Lipinski definition) is 6. The van der Waals surface area contributed by atoms with E-state index in [0.717, 1.165) is 16.5 Å². The van der Waals surface area contributed by atoms with Crippen molar-refractivity contribution in [2.45, 2.75) is 6.92 Å².